The highest BCUT2D eigenvalue weighted by molar-refractivity contribution is 5.94. The summed E-state index contributed by atoms with van der Waals surface area (Å²) in [6, 6.07) is 7.64. The van der Waals surface area contributed by atoms with Crippen LogP contribution in [0.5, 0.6) is 0 Å². The van der Waals surface area contributed by atoms with Crippen molar-refractivity contribution in [2.24, 2.45) is 17.3 Å². The van der Waals surface area contributed by atoms with Crippen LogP contribution in [0.2, 0.25) is 0 Å². The highest BCUT2D eigenvalue weighted by atomic mass is 16.7. The molecule has 4 heterocycles. The molecule has 1 aromatic carbocycles. The molecule has 0 aliphatic carbocycles. The van der Waals surface area contributed by atoms with E-state index in [1.165, 1.54) is 0 Å². The van der Waals surface area contributed by atoms with Crippen molar-refractivity contribution in [3.05, 3.63) is 41.6 Å². The number of benzene rings is 1. The van der Waals surface area contributed by atoms with E-state index in [0.717, 1.165) is 11.1 Å². The van der Waals surface area contributed by atoms with Gasteiger partial charge in [0.05, 0.1) is 30.7 Å². The Morgan fingerprint density at radius 2 is 2.00 bits per heavy atom. The van der Waals surface area contributed by atoms with Gasteiger partial charge in [-0.2, -0.15) is 0 Å². The first-order chi connectivity index (χ1) is 12.4. The van der Waals surface area contributed by atoms with Gasteiger partial charge in [-0.3, -0.25) is 9.59 Å². The zero-order valence-corrected chi connectivity index (χ0v) is 15.2. The van der Waals surface area contributed by atoms with Gasteiger partial charge >= 0.3 is 0 Å². The summed E-state index contributed by atoms with van der Waals surface area (Å²) in [4.78, 5) is 28.6. The molecule has 6 atom stereocenters. The Hall–Kier alpha value is -1.98. The summed E-state index contributed by atoms with van der Waals surface area (Å²) < 4.78 is 11.4. The van der Waals surface area contributed by atoms with Gasteiger partial charge in [-0.05, 0) is 17.2 Å². The maximum absolute atomic E-state index is 13.4. The summed E-state index contributed by atoms with van der Waals surface area (Å²) in [5.74, 6) is -0.314. The minimum Gasteiger partial charge on any atom is -0.359 e. The SMILES string of the molecule is CC(C)(C)C(=O)[C@H]1[C@@H]2[C@@H](C(=O)[C@H]3OC[C@H]2O3)[C@@H]2c3ccccc3C=CN12. The third-order valence-electron chi connectivity index (χ3n) is 6.21. The number of hydrogen-bond acceptors (Lipinski definition) is 5. The topological polar surface area (TPSA) is 55.8 Å². The lowest BCUT2D eigenvalue weighted by Gasteiger charge is -2.36. The summed E-state index contributed by atoms with van der Waals surface area (Å²) in [5.41, 5.74) is 1.74. The van der Waals surface area contributed by atoms with E-state index in [1.54, 1.807) is 0 Å². The molecule has 0 N–H and O–H groups in total. The second-order valence-electron chi connectivity index (χ2n) is 8.74. The lowest BCUT2D eigenvalue weighted by Crippen LogP contribution is -2.50. The summed E-state index contributed by atoms with van der Waals surface area (Å²) in [5, 5.41) is 0. The van der Waals surface area contributed by atoms with Gasteiger partial charge in [0.25, 0.3) is 0 Å². The van der Waals surface area contributed by atoms with E-state index in [-0.39, 0.29) is 41.6 Å². The maximum Gasteiger partial charge on any atom is 0.218 e. The van der Waals surface area contributed by atoms with Crippen molar-refractivity contribution in [3.8, 4) is 0 Å². The molecule has 0 aromatic heterocycles. The van der Waals surface area contributed by atoms with Gasteiger partial charge in [0.15, 0.2) is 11.6 Å². The quantitative estimate of drug-likeness (QED) is 0.777. The van der Waals surface area contributed by atoms with E-state index < -0.39 is 11.7 Å². The molecule has 0 spiro atoms. The molecule has 2 bridgehead atoms. The van der Waals surface area contributed by atoms with Crippen molar-refractivity contribution in [2.75, 3.05) is 6.61 Å². The van der Waals surface area contributed by atoms with Crippen LogP contribution in [0, 0.1) is 17.3 Å². The Kier molecular flexibility index (Phi) is 3.29. The molecule has 5 nitrogen and oxygen atoms in total. The molecule has 1 aromatic rings. The first-order valence-electron chi connectivity index (χ1n) is 9.27. The largest absolute Gasteiger partial charge is 0.359 e. The minimum atomic E-state index is -0.773. The molecule has 0 amide bonds. The molecule has 5 rings (SSSR count). The van der Waals surface area contributed by atoms with Crippen LogP contribution in [-0.2, 0) is 19.1 Å². The molecule has 3 fully saturated rings. The van der Waals surface area contributed by atoms with Gasteiger partial charge in [0.2, 0.25) is 6.29 Å². The Morgan fingerprint density at radius 1 is 1.23 bits per heavy atom. The molecule has 136 valence electrons. The summed E-state index contributed by atoms with van der Waals surface area (Å²) in [6.45, 7) is 6.22. The van der Waals surface area contributed by atoms with E-state index in [0.29, 0.717) is 6.61 Å². The molecule has 5 heteroatoms. The fourth-order valence-electron chi connectivity index (χ4n) is 5.06. The summed E-state index contributed by atoms with van der Waals surface area (Å²) >= 11 is 0. The van der Waals surface area contributed by atoms with E-state index in [1.807, 2.05) is 45.2 Å². The van der Waals surface area contributed by atoms with Crippen LogP contribution in [0.15, 0.2) is 30.5 Å². The number of fused-ring (bicyclic) bond motifs is 8. The molecule has 26 heavy (non-hydrogen) atoms. The number of Topliss-reactive ketones (excluding diaryl/α,β-unsaturated/α-hetero) is 2. The van der Waals surface area contributed by atoms with Gasteiger partial charge < -0.3 is 14.4 Å². The molecule has 4 aliphatic heterocycles. The first-order valence-corrected chi connectivity index (χ1v) is 9.27. The highest BCUT2D eigenvalue weighted by Gasteiger charge is 2.64. The second-order valence-corrected chi connectivity index (χ2v) is 8.74. The van der Waals surface area contributed by atoms with E-state index in [9.17, 15) is 9.59 Å². The minimum absolute atomic E-state index is 0.0203. The number of nitrogens with zero attached hydrogens (tertiary/aromatic N) is 1. The van der Waals surface area contributed by atoms with Crippen LogP contribution in [-0.4, -0.2) is 41.5 Å². The smallest absolute Gasteiger partial charge is 0.218 e. The molecule has 0 radical (unpaired) electrons. The van der Waals surface area contributed by atoms with Crippen molar-refractivity contribution in [1.29, 1.82) is 0 Å². The van der Waals surface area contributed by atoms with Crippen molar-refractivity contribution >= 4 is 17.6 Å². The van der Waals surface area contributed by atoms with Crippen molar-refractivity contribution in [2.45, 2.75) is 45.2 Å². The average molecular weight is 353 g/mol. The van der Waals surface area contributed by atoms with Gasteiger partial charge in [-0.1, -0.05) is 45.0 Å². The normalized spacial score (nSPS) is 37.3. The predicted octanol–water partition coefficient (Wildman–Crippen LogP) is 2.57. The Labute approximate surface area is 153 Å². The van der Waals surface area contributed by atoms with Crippen molar-refractivity contribution < 1.29 is 19.1 Å². The molecule has 0 saturated carbocycles. The Bertz CT molecular complexity index is 824. The molecule has 0 unspecified atom stereocenters. The standard InChI is InChI=1S/C21H23NO4/c1-21(2,3)19(24)17-14-13-10-25-20(26-13)18(23)15(14)16-12-7-5-4-6-11(12)8-9-22(16)17/h4-9,13-17,20H,10H2,1-3H3/t13-,14+,15-,16+,17-,20+/m1/s1. The first kappa shape index (κ1) is 16.2. The predicted molar refractivity (Wildman–Crippen MR) is 94.9 cm³/mol. The fourth-order valence-corrected chi connectivity index (χ4v) is 5.06. The van der Waals surface area contributed by atoms with Gasteiger partial charge in [0.1, 0.15) is 0 Å². The third-order valence-corrected chi connectivity index (χ3v) is 6.21. The number of ether oxygens (including phenoxy) is 2. The van der Waals surface area contributed by atoms with Crippen LogP contribution in [0.3, 0.4) is 0 Å². The van der Waals surface area contributed by atoms with Gasteiger partial charge in [0, 0.05) is 17.5 Å². The number of hydrogen-bond donors (Lipinski definition) is 0. The van der Waals surface area contributed by atoms with E-state index in [2.05, 4.69) is 17.0 Å². The fraction of sp³-hybridized carbons (Fsp3) is 0.524. The zero-order chi connectivity index (χ0) is 18.2. The van der Waals surface area contributed by atoms with Gasteiger partial charge in [-0.15, -0.1) is 0 Å². The van der Waals surface area contributed by atoms with Crippen LogP contribution in [0.4, 0.5) is 0 Å². The molecule has 4 aliphatic rings. The van der Waals surface area contributed by atoms with Crippen LogP contribution in [0.1, 0.15) is 37.9 Å². The highest BCUT2D eigenvalue weighted by Crippen LogP contribution is 2.55. The lowest BCUT2D eigenvalue weighted by atomic mass is 9.73. The lowest BCUT2D eigenvalue weighted by molar-refractivity contribution is -0.165. The van der Waals surface area contributed by atoms with Crippen LogP contribution < -0.4 is 0 Å². The van der Waals surface area contributed by atoms with Crippen LogP contribution in [0.25, 0.3) is 6.08 Å². The summed E-state index contributed by atoms with van der Waals surface area (Å²) in [6.07, 6.45) is 3.07. The molecular formula is C21H23NO4. The number of carbonyl (C=O) groups excluding carboxylic acids is 2. The van der Waals surface area contributed by atoms with Crippen molar-refractivity contribution in [1.82, 2.24) is 4.90 Å². The van der Waals surface area contributed by atoms with Gasteiger partial charge in [-0.25, -0.2) is 0 Å². The second kappa shape index (κ2) is 5.27. The molecule has 3 saturated heterocycles. The monoisotopic (exact) mass is 353 g/mol. The van der Waals surface area contributed by atoms with E-state index >= 15 is 0 Å². The molecular weight excluding hydrogens is 330 g/mol. The zero-order valence-electron chi connectivity index (χ0n) is 15.2. The number of rotatable bonds is 1. The number of carbonyl (C=O) groups is 2. The maximum atomic E-state index is 13.4. The Morgan fingerprint density at radius 3 is 2.77 bits per heavy atom. The summed E-state index contributed by atoms with van der Waals surface area (Å²) in [7, 11) is 0. The third kappa shape index (κ3) is 2.04. The Balaban J connectivity index is 1.68. The van der Waals surface area contributed by atoms with Crippen LogP contribution >= 0.6 is 0 Å². The van der Waals surface area contributed by atoms with Crippen molar-refractivity contribution in [3.63, 3.8) is 0 Å². The number of ketones is 2. The van der Waals surface area contributed by atoms with E-state index in [4.69, 9.17) is 9.47 Å². The average Bonchev–Trinajstić information content (AvgIpc) is 3.19.